The molecule has 0 spiro atoms. The Labute approximate surface area is 131 Å². The second kappa shape index (κ2) is 6.59. The summed E-state index contributed by atoms with van der Waals surface area (Å²) in [6, 6.07) is 9.94. The molecule has 114 valence electrons. The smallest absolute Gasteiger partial charge is 0.145 e. The summed E-state index contributed by atoms with van der Waals surface area (Å²) in [5, 5.41) is 22.3. The third-order valence-electron chi connectivity index (χ3n) is 3.60. The van der Waals surface area contributed by atoms with Gasteiger partial charge in [-0.3, -0.25) is 0 Å². The van der Waals surface area contributed by atoms with Crippen molar-refractivity contribution in [2.24, 2.45) is 0 Å². The largest absolute Gasteiger partial charge is 0.394 e. The Balaban J connectivity index is 2.41. The summed E-state index contributed by atoms with van der Waals surface area (Å²) in [6.45, 7) is 7.77. The molecule has 0 aliphatic rings. The molecule has 1 unspecified atom stereocenters. The summed E-state index contributed by atoms with van der Waals surface area (Å²) in [5.74, 6) is 0.526. The summed E-state index contributed by atoms with van der Waals surface area (Å²) in [7, 11) is 0. The molecule has 2 aromatic rings. The maximum atomic E-state index is 9.75. The van der Waals surface area contributed by atoms with Crippen molar-refractivity contribution >= 4 is 5.82 Å². The van der Waals surface area contributed by atoms with E-state index < -0.39 is 0 Å². The van der Waals surface area contributed by atoms with Crippen LogP contribution in [0.5, 0.6) is 0 Å². The van der Waals surface area contributed by atoms with Crippen molar-refractivity contribution < 1.29 is 5.11 Å². The molecule has 0 radical (unpaired) electrons. The van der Waals surface area contributed by atoms with E-state index in [1.165, 1.54) is 0 Å². The van der Waals surface area contributed by atoms with E-state index in [-0.39, 0.29) is 12.6 Å². The van der Waals surface area contributed by atoms with Crippen LogP contribution in [0.4, 0.5) is 5.82 Å². The molecule has 2 N–H and O–H groups in total. The zero-order valence-electron chi connectivity index (χ0n) is 13.4. The number of hydrogen-bond acceptors (Lipinski definition) is 4. The number of pyridine rings is 1. The van der Waals surface area contributed by atoms with E-state index in [2.05, 4.69) is 22.4 Å². The lowest BCUT2D eigenvalue weighted by atomic mass is 10.0. The number of nitriles is 1. The molecule has 0 fully saturated rings. The summed E-state index contributed by atoms with van der Waals surface area (Å²) in [4.78, 5) is 4.42. The minimum atomic E-state index is -0.292. The van der Waals surface area contributed by atoms with Gasteiger partial charge < -0.3 is 10.4 Å². The van der Waals surface area contributed by atoms with E-state index in [1.807, 2.05) is 45.9 Å². The van der Waals surface area contributed by atoms with Gasteiger partial charge in [0.05, 0.1) is 18.2 Å². The third kappa shape index (κ3) is 3.44. The van der Waals surface area contributed by atoms with Crippen LogP contribution in [-0.4, -0.2) is 16.7 Å². The van der Waals surface area contributed by atoms with Gasteiger partial charge in [-0.1, -0.05) is 29.3 Å². The van der Waals surface area contributed by atoms with Crippen molar-refractivity contribution in [3.05, 3.63) is 57.8 Å². The molecule has 0 aliphatic heterocycles. The summed E-state index contributed by atoms with van der Waals surface area (Å²) in [5.41, 5.74) is 5.53. The Bertz CT molecular complexity index is 712. The van der Waals surface area contributed by atoms with Crippen molar-refractivity contribution in [1.29, 1.82) is 5.26 Å². The molecule has 1 aromatic carbocycles. The number of nitrogens with one attached hydrogen (secondary N) is 1. The molecule has 0 saturated heterocycles. The number of nitrogens with zero attached hydrogens (tertiary/aromatic N) is 2. The average molecular weight is 295 g/mol. The fraction of sp³-hybridized carbons (Fsp3) is 0.333. The first-order valence-corrected chi connectivity index (χ1v) is 7.28. The van der Waals surface area contributed by atoms with Gasteiger partial charge in [0.2, 0.25) is 0 Å². The Morgan fingerprint density at radius 1 is 1.14 bits per heavy atom. The van der Waals surface area contributed by atoms with Crippen LogP contribution in [0.2, 0.25) is 0 Å². The lowest BCUT2D eigenvalue weighted by molar-refractivity contribution is 0.276. The monoisotopic (exact) mass is 295 g/mol. The number of aromatic nitrogens is 1. The lowest BCUT2D eigenvalue weighted by Crippen LogP contribution is -2.17. The molecule has 0 bridgehead atoms. The van der Waals surface area contributed by atoms with Gasteiger partial charge in [0.25, 0.3) is 0 Å². The Morgan fingerprint density at radius 3 is 2.32 bits per heavy atom. The first-order chi connectivity index (χ1) is 10.4. The van der Waals surface area contributed by atoms with E-state index in [9.17, 15) is 10.4 Å². The highest BCUT2D eigenvalue weighted by atomic mass is 16.3. The molecule has 0 aliphatic carbocycles. The highest BCUT2D eigenvalue weighted by molar-refractivity contribution is 5.57. The molecular weight excluding hydrogens is 274 g/mol. The van der Waals surface area contributed by atoms with Crippen LogP contribution in [0.15, 0.2) is 24.3 Å². The number of benzene rings is 1. The highest BCUT2D eigenvalue weighted by Crippen LogP contribution is 2.24. The average Bonchev–Trinajstić information content (AvgIpc) is 2.43. The molecule has 1 aromatic heterocycles. The van der Waals surface area contributed by atoms with Crippen molar-refractivity contribution in [3.8, 4) is 6.07 Å². The number of rotatable bonds is 4. The van der Waals surface area contributed by atoms with Gasteiger partial charge in [-0.2, -0.15) is 5.26 Å². The molecule has 22 heavy (non-hydrogen) atoms. The fourth-order valence-corrected chi connectivity index (χ4v) is 2.69. The summed E-state index contributed by atoms with van der Waals surface area (Å²) >= 11 is 0. The van der Waals surface area contributed by atoms with Crippen LogP contribution in [0.1, 0.15) is 39.6 Å². The first-order valence-electron chi connectivity index (χ1n) is 7.28. The Morgan fingerprint density at radius 2 is 1.77 bits per heavy atom. The van der Waals surface area contributed by atoms with Crippen molar-refractivity contribution in [3.63, 3.8) is 0 Å². The summed E-state index contributed by atoms with van der Waals surface area (Å²) in [6.07, 6.45) is 0. The van der Waals surface area contributed by atoms with Crippen LogP contribution in [0.25, 0.3) is 0 Å². The Kier molecular flexibility index (Phi) is 4.79. The molecule has 1 atom stereocenters. The SMILES string of the molecule is Cc1cc(C)cc(C(CO)Nc2nc(C)cc(C)c2C#N)c1. The molecule has 1 heterocycles. The minimum Gasteiger partial charge on any atom is -0.394 e. The van der Waals surface area contributed by atoms with Crippen LogP contribution in [0.3, 0.4) is 0 Å². The molecular formula is C18H21N3O. The van der Waals surface area contributed by atoms with Gasteiger partial charge in [-0.25, -0.2) is 4.98 Å². The van der Waals surface area contributed by atoms with Crippen LogP contribution < -0.4 is 5.32 Å². The van der Waals surface area contributed by atoms with E-state index >= 15 is 0 Å². The normalized spacial score (nSPS) is 11.8. The van der Waals surface area contributed by atoms with Crippen molar-refractivity contribution in [2.45, 2.75) is 33.7 Å². The van der Waals surface area contributed by atoms with Crippen molar-refractivity contribution in [1.82, 2.24) is 4.98 Å². The van der Waals surface area contributed by atoms with E-state index in [0.717, 1.165) is 27.9 Å². The number of anilines is 1. The zero-order chi connectivity index (χ0) is 16.3. The molecule has 0 amide bonds. The van der Waals surface area contributed by atoms with Gasteiger partial charge in [-0.15, -0.1) is 0 Å². The van der Waals surface area contributed by atoms with Crippen LogP contribution >= 0.6 is 0 Å². The quantitative estimate of drug-likeness (QED) is 0.907. The van der Waals surface area contributed by atoms with Gasteiger partial charge in [0.15, 0.2) is 0 Å². The van der Waals surface area contributed by atoms with Gasteiger partial charge in [0.1, 0.15) is 11.9 Å². The number of aryl methyl sites for hydroxylation is 4. The number of aliphatic hydroxyl groups excluding tert-OH is 1. The second-order valence-electron chi connectivity index (χ2n) is 5.72. The zero-order valence-corrected chi connectivity index (χ0v) is 13.4. The summed E-state index contributed by atoms with van der Waals surface area (Å²) < 4.78 is 0. The molecule has 4 nitrogen and oxygen atoms in total. The topological polar surface area (TPSA) is 68.9 Å². The van der Waals surface area contributed by atoms with Crippen LogP contribution in [0, 0.1) is 39.0 Å². The second-order valence-corrected chi connectivity index (χ2v) is 5.72. The minimum absolute atomic E-state index is 0.0670. The first kappa shape index (κ1) is 16.0. The maximum absolute atomic E-state index is 9.75. The highest BCUT2D eigenvalue weighted by Gasteiger charge is 2.16. The van der Waals surface area contributed by atoms with Crippen LogP contribution in [-0.2, 0) is 0 Å². The Hall–Kier alpha value is -2.38. The van der Waals surface area contributed by atoms with Crippen molar-refractivity contribution in [2.75, 3.05) is 11.9 Å². The fourth-order valence-electron chi connectivity index (χ4n) is 2.69. The standard InChI is InChI=1S/C18H21N3O/c1-11-5-12(2)7-15(6-11)17(10-22)21-18-16(9-19)13(3)8-14(4)20-18/h5-8,17,22H,10H2,1-4H3,(H,20,21). The maximum Gasteiger partial charge on any atom is 0.145 e. The van der Waals surface area contributed by atoms with Gasteiger partial charge in [0, 0.05) is 5.69 Å². The number of hydrogen-bond donors (Lipinski definition) is 2. The van der Waals surface area contributed by atoms with E-state index in [4.69, 9.17) is 0 Å². The predicted octanol–water partition coefficient (Wildman–Crippen LogP) is 3.33. The molecule has 4 heteroatoms. The predicted molar refractivity (Wildman–Crippen MR) is 87.8 cm³/mol. The van der Waals surface area contributed by atoms with E-state index in [0.29, 0.717) is 11.4 Å². The van der Waals surface area contributed by atoms with Gasteiger partial charge >= 0.3 is 0 Å². The molecule has 0 saturated carbocycles. The molecule has 2 rings (SSSR count). The van der Waals surface area contributed by atoms with E-state index in [1.54, 1.807) is 0 Å². The third-order valence-corrected chi connectivity index (χ3v) is 3.60. The number of aliphatic hydroxyl groups is 1. The lowest BCUT2D eigenvalue weighted by Gasteiger charge is -2.20. The van der Waals surface area contributed by atoms with Gasteiger partial charge in [-0.05, 0) is 44.9 Å².